The Balaban J connectivity index is 0.000000218. The molecule has 0 amide bonds. The summed E-state index contributed by atoms with van der Waals surface area (Å²) in [5.41, 5.74) is 1.71. The highest BCUT2D eigenvalue weighted by molar-refractivity contribution is 5.87. The molecule has 8 nitrogen and oxygen atoms in total. The summed E-state index contributed by atoms with van der Waals surface area (Å²) < 4.78 is 21.1. The van der Waals surface area contributed by atoms with Gasteiger partial charge in [0.1, 0.15) is 11.0 Å². The number of hydrogen-bond acceptors (Lipinski definition) is 8. The molecule has 0 spiro atoms. The standard InChI is InChI=1S/C18H12N2O.C8H18O5/c1-5-13-7-3-11-19-17(13)15(9-1)21-16-10-2-6-14-8-4-12-20-18(14)16;9-1-3-11-5-7-13-8-6-12-4-2-10/h1-12H;9-10H,1-8H2. The number of pyridine rings is 2. The van der Waals surface area contributed by atoms with Crippen LogP contribution in [0.15, 0.2) is 73.1 Å². The molecule has 0 atom stereocenters. The Bertz CT molecular complexity index is 1030. The zero-order valence-corrected chi connectivity index (χ0v) is 19.0. The largest absolute Gasteiger partial charge is 0.453 e. The molecule has 2 N–H and O–H groups in total. The molecule has 2 heterocycles. The van der Waals surface area contributed by atoms with E-state index in [9.17, 15) is 0 Å². The van der Waals surface area contributed by atoms with Crippen molar-refractivity contribution in [3.63, 3.8) is 0 Å². The van der Waals surface area contributed by atoms with Crippen molar-refractivity contribution in [3.8, 4) is 11.5 Å². The predicted molar refractivity (Wildman–Crippen MR) is 130 cm³/mol. The third-order valence-corrected chi connectivity index (χ3v) is 4.63. The number of nitrogens with zero attached hydrogens (tertiary/aromatic N) is 2. The molecule has 0 aliphatic rings. The molecule has 0 bridgehead atoms. The van der Waals surface area contributed by atoms with Gasteiger partial charge < -0.3 is 29.2 Å². The normalized spacial score (nSPS) is 10.8. The molecule has 8 heteroatoms. The summed E-state index contributed by atoms with van der Waals surface area (Å²) in [6.07, 6.45) is 3.55. The monoisotopic (exact) mass is 466 g/mol. The molecule has 0 saturated carbocycles. The van der Waals surface area contributed by atoms with E-state index in [0.29, 0.717) is 39.6 Å². The molecule has 0 saturated heterocycles. The first-order chi connectivity index (χ1) is 16.8. The summed E-state index contributed by atoms with van der Waals surface area (Å²) in [5, 5.41) is 18.8. The molecule has 0 fully saturated rings. The smallest absolute Gasteiger partial charge is 0.153 e. The van der Waals surface area contributed by atoms with Crippen molar-refractivity contribution in [2.75, 3.05) is 52.9 Å². The maximum Gasteiger partial charge on any atom is 0.153 e. The van der Waals surface area contributed by atoms with E-state index in [1.54, 1.807) is 12.4 Å². The minimum absolute atomic E-state index is 0.0413. The van der Waals surface area contributed by atoms with Gasteiger partial charge in [-0.3, -0.25) is 9.97 Å². The van der Waals surface area contributed by atoms with E-state index in [1.807, 2.05) is 60.7 Å². The van der Waals surface area contributed by atoms with Crippen molar-refractivity contribution in [1.82, 2.24) is 9.97 Å². The molecule has 180 valence electrons. The van der Waals surface area contributed by atoms with E-state index in [-0.39, 0.29) is 13.2 Å². The number of ether oxygens (including phenoxy) is 4. The number of benzene rings is 2. The molecule has 4 aromatic rings. The molecule has 2 aromatic carbocycles. The van der Waals surface area contributed by atoms with Gasteiger partial charge in [0.05, 0.1) is 52.9 Å². The lowest BCUT2D eigenvalue weighted by molar-refractivity contribution is 0.00230. The number of aliphatic hydroxyl groups is 2. The maximum atomic E-state index is 8.36. The third-order valence-electron chi connectivity index (χ3n) is 4.63. The summed E-state index contributed by atoms with van der Waals surface area (Å²) >= 11 is 0. The molecular weight excluding hydrogens is 436 g/mol. The summed E-state index contributed by atoms with van der Waals surface area (Å²) in [6.45, 7) is 2.76. The average molecular weight is 467 g/mol. The fourth-order valence-corrected chi connectivity index (χ4v) is 3.11. The van der Waals surface area contributed by atoms with Crippen LogP contribution in [0.1, 0.15) is 0 Å². The van der Waals surface area contributed by atoms with Gasteiger partial charge in [0, 0.05) is 23.2 Å². The second-order valence-electron chi connectivity index (χ2n) is 7.05. The minimum Gasteiger partial charge on any atom is -0.453 e. The van der Waals surface area contributed by atoms with Crippen molar-refractivity contribution >= 4 is 21.8 Å². The molecule has 0 aliphatic heterocycles. The van der Waals surface area contributed by atoms with Crippen LogP contribution in [0.4, 0.5) is 0 Å². The van der Waals surface area contributed by atoms with Crippen molar-refractivity contribution < 1.29 is 29.2 Å². The highest BCUT2D eigenvalue weighted by Crippen LogP contribution is 2.31. The van der Waals surface area contributed by atoms with Gasteiger partial charge in [0.15, 0.2) is 11.5 Å². The molecule has 34 heavy (non-hydrogen) atoms. The first-order valence-electron chi connectivity index (χ1n) is 11.1. The van der Waals surface area contributed by atoms with Crippen LogP contribution < -0.4 is 4.74 Å². The van der Waals surface area contributed by atoms with Gasteiger partial charge in [-0.1, -0.05) is 36.4 Å². The molecule has 0 aliphatic carbocycles. The Labute approximate surface area is 198 Å². The van der Waals surface area contributed by atoms with Gasteiger partial charge in [0.25, 0.3) is 0 Å². The number of aromatic nitrogens is 2. The number of hydrogen-bond donors (Lipinski definition) is 2. The highest BCUT2D eigenvalue weighted by Gasteiger charge is 2.07. The van der Waals surface area contributed by atoms with E-state index < -0.39 is 0 Å². The Hall–Kier alpha value is -3.14. The lowest BCUT2D eigenvalue weighted by atomic mass is 10.2. The van der Waals surface area contributed by atoms with Crippen LogP contribution in [0.3, 0.4) is 0 Å². The SMILES string of the molecule is OCCOCCOCCOCCO.c1cnc2c(Oc3cccc4cccnc34)cccc2c1. The Kier molecular flexibility index (Phi) is 11.2. The zero-order chi connectivity index (χ0) is 23.8. The van der Waals surface area contributed by atoms with Crippen LogP contribution in [0, 0.1) is 0 Å². The number of aliphatic hydroxyl groups excluding tert-OH is 2. The first-order valence-corrected chi connectivity index (χ1v) is 11.1. The highest BCUT2D eigenvalue weighted by atomic mass is 16.5. The van der Waals surface area contributed by atoms with Gasteiger partial charge in [-0.15, -0.1) is 0 Å². The number of rotatable bonds is 12. The van der Waals surface area contributed by atoms with Gasteiger partial charge in [-0.25, -0.2) is 0 Å². The maximum absolute atomic E-state index is 8.36. The minimum atomic E-state index is 0.0413. The fraction of sp³-hybridized carbons (Fsp3) is 0.308. The van der Waals surface area contributed by atoms with Crippen LogP contribution in [0.2, 0.25) is 0 Å². The van der Waals surface area contributed by atoms with Crippen molar-refractivity contribution in [1.29, 1.82) is 0 Å². The average Bonchev–Trinajstić information content (AvgIpc) is 2.89. The molecular formula is C26H30N2O6. The summed E-state index contributed by atoms with van der Waals surface area (Å²) in [5.74, 6) is 1.48. The van der Waals surface area contributed by atoms with E-state index in [2.05, 4.69) is 9.97 Å². The molecule has 0 radical (unpaired) electrons. The van der Waals surface area contributed by atoms with Gasteiger partial charge in [-0.05, 0) is 24.3 Å². The summed E-state index contributed by atoms with van der Waals surface area (Å²) in [6, 6.07) is 19.7. The van der Waals surface area contributed by atoms with Crippen LogP contribution in [-0.2, 0) is 14.2 Å². The topological polar surface area (TPSA) is 103 Å². The Morgan fingerprint density at radius 3 is 1.38 bits per heavy atom. The molecule has 2 aromatic heterocycles. The quantitative estimate of drug-likeness (QED) is 0.305. The van der Waals surface area contributed by atoms with E-state index in [0.717, 1.165) is 33.3 Å². The van der Waals surface area contributed by atoms with Crippen LogP contribution in [0.5, 0.6) is 11.5 Å². The van der Waals surface area contributed by atoms with Gasteiger partial charge in [0.2, 0.25) is 0 Å². The second-order valence-corrected chi connectivity index (χ2v) is 7.05. The van der Waals surface area contributed by atoms with E-state index >= 15 is 0 Å². The fourth-order valence-electron chi connectivity index (χ4n) is 3.11. The molecule has 4 rings (SSSR count). The predicted octanol–water partition coefficient (Wildman–Crippen LogP) is 3.60. The van der Waals surface area contributed by atoms with Gasteiger partial charge in [-0.2, -0.15) is 0 Å². The Morgan fingerprint density at radius 2 is 0.941 bits per heavy atom. The number of para-hydroxylation sites is 2. The van der Waals surface area contributed by atoms with Crippen molar-refractivity contribution in [3.05, 3.63) is 73.1 Å². The number of fused-ring (bicyclic) bond motifs is 2. The van der Waals surface area contributed by atoms with E-state index in [1.165, 1.54) is 0 Å². The van der Waals surface area contributed by atoms with Crippen molar-refractivity contribution in [2.45, 2.75) is 0 Å². The van der Waals surface area contributed by atoms with Crippen LogP contribution >= 0.6 is 0 Å². The first kappa shape index (κ1) is 25.5. The zero-order valence-electron chi connectivity index (χ0n) is 19.0. The van der Waals surface area contributed by atoms with Crippen LogP contribution in [0.25, 0.3) is 21.8 Å². The van der Waals surface area contributed by atoms with E-state index in [4.69, 9.17) is 29.2 Å². The summed E-state index contributed by atoms with van der Waals surface area (Å²) in [4.78, 5) is 8.82. The van der Waals surface area contributed by atoms with Crippen LogP contribution in [-0.4, -0.2) is 73.0 Å². The molecule has 0 unspecified atom stereocenters. The second kappa shape index (κ2) is 14.9. The third kappa shape index (κ3) is 8.02. The Morgan fingerprint density at radius 1 is 0.529 bits per heavy atom. The lowest BCUT2D eigenvalue weighted by Crippen LogP contribution is -2.11. The van der Waals surface area contributed by atoms with Crippen molar-refractivity contribution in [2.24, 2.45) is 0 Å². The van der Waals surface area contributed by atoms with Gasteiger partial charge >= 0.3 is 0 Å². The lowest BCUT2D eigenvalue weighted by Gasteiger charge is -2.09. The summed E-state index contributed by atoms with van der Waals surface area (Å²) in [7, 11) is 0.